The van der Waals surface area contributed by atoms with E-state index in [0.717, 1.165) is 35.5 Å². The molecule has 1 amide bonds. The monoisotopic (exact) mass is 476 g/mol. The lowest BCUT2D eigenvalue weighted by atomic mass is 10.1. The van der Waals surface area contributed by atoms with Gasteiger partial charge in [-0.2, -0.15) is 0 Å². The number of ether oxygens (including phenoxy) is 1. The topological polar surface area (TPSA) is 86.1 Å². The highest BCUT2D eigenvalue weighted by Crippen LogP contribution is 2.39. The Morgan fingerprint density at radius 2 is 2.16 bits per heavy atom. The minimum absolute atomic E-state index is 0.161. The van der Waals surface area contributed by atoms with Crippen LogP contribution >= 0.6 is 34.4 Å². The third kappa shape index (κ3) is 4.56. The number of nitrogens with zero attached hydrogens (tertiary/aromatic N) is 3. The van der Waals surface area contributed by atoms with Gasteiger partial charge in [0.1, 0.15) is 5.00 Å². The number of esters is 1. The normalized spacial score (nSPS) is 12.9. The van der Waals surface area contributed by atoms with E-state index in [4.69, 9.17) is 4.74 Å². The molecule has 10 heteroatoms. The number of carbonyl (C=O) groups is 2. The first kappa shape index (κ1) is 22.0. The predicted molar refractivity (Wildman–Crippen MR) is 125 cm³/mol. The molecule has 4 rings (SSSR count). The summed E-state index contributed by atoms with van der Waals surface area (Å²) in [5.74, 6) is 0.462. The first-order valence-corrected chi connectivity index (χ1v) is 12.9. The van der Waals surface area contributed by atoms with Crippen molar-refractivity contribution in [3.8, 4) is 10.7 Å². The molecule has 1 N–H and O–H groups in total. The molecule has 0 spiro atoms. The molecule has 1 aliphatic carbocycles. The van der Waals surface area contributed by atoms with E-state index in [0.29, 0.717) is 22.3 Å². The lowest BCUT2D eigenvalue weighted by Gasteiger charge is -2.13. The van der Waals surface area contributed by atoms with Gasteiger partial charge in [-0.15, -0.1) is 32.9 Å². The van der Waals surface area contributed by atoms with E-state index in [1.54, 1.807) is 18.3 Å². The highest BCUT2D eigenvalue weighted by atomic mass is 32.2. The maximum Gasteiger partial charge on any atom is 0.341 e. The van der Waals surface area contributed by atoms with Gasteiger partial charge < -0.3 is 10.1 Å². The van der Waals surface area contributed by atoms with Crippen LogP contribution in [0.25, 0.3) is 10.7 Å². The summed E-state index contributed by atoms with van der Waals surface area (Å²) in [6.45, 7) is 6.24. The Hall–Kier alpha value is -2.17. The van der Waals surface area contributed by atoms with Crippen LogP contribution in [0, 0.1) is 0 Å². The van der Waals surface area contributed by atoms with Gasteiger partial charge in [-0.25, -0.2) is 4.79 Å². The molecule has 0 radical (unpaired) electrons. The van der Waals surface area contributed by atoms with E-state index in [1.807, 2.05) is 22.1 Å². The van der Waals surface area contributed by atoms with Crippen LogP contribution < -0.4 is 5.32 Å². The van der Waals surface area contributed by atoms with Gasteiger partial charge in [0, 0.05) is 10.9 Å². The standard InChI is InChI=1S/C21H24N4O3S3/c1-4-28-20(27)17-13-7-5-8-14(13)31-19(17)22-16(26)11-30-21-24-23-18(25(21)12(2)3)15-9-6-10-29-15/h6,9-10,12H,4-5,7-8,11H2,1-3H3,(H,22,26). The van der Waals surface area contributed by atoms with Crippen LogP contribution in [-0.2, 0) is 22.4 Å². The van der Waals surface area contributed by atoms with Gasteiger partial charge in [0.15, 0.2) is 11.0 Å². The zero-order chi connectivity index (χ0) is 22.0. The molecule has 0 saturated carbocycles. The quantitative estimate of drug-likeness (QED) is 0.362. The molecule has 7 nitrogen and oxygen atoms in total. The van der Waals surface area contributed by atoms with Gasteiger partial charge in [0.25, 0.3) is 0 Å². The first-order valence-electron chi connectivity index (χ1n) is 10.2. The van der Waals surface area contributed by atoms with E-state index < -0.39 is 0 Å². The van der Waals surface area contributed by atoms with E-state index >= 15 is 0 Å². The highest BCUT2D eigenvalue weighted by molar-refractivity contribution is 7.99. The highest BCUT2D eigenvalue weighted by Gasteiger charge is 2.28. The van der Waals surface area contributed by atoms with E-state index in [1.165, 1.54) is 28.0 Å². The van der Waals surface area contributed by atoms with Crippen LogP contribution in [0.4, 0.5) is 5.00 Å². The van der Waals surface area contributed by atoms with E-state index in [9.17, 15) is 9.59 Å². The maximum absolute atomic E-state index is 12.7. The molecule has 0 unspecified atom stereocenters. The van der Waals surface area contributed by atoms with Crippen LogP contribution in [-0.4, -0.2) is 39.0 Å². The lowest BCUT2D eigenvalue weighted by Crippen LogP contribution is -2.17. The zero-order valence-corrected chi connectivity index (χ0v) is 20.1. The van der Waals surface area contributed by atoms with Crippen molar-refractivity contribution in [2.75, 3.05) is 17.7 Å². The summed E-state index contributed by atoms with van der Waals surface area (Å²) in [6.07, 6.45) is 2.84. The molecule has 3 aromatic heterocycles. The molecular weight excluding hydrogens is 452 g/mol. The molecule has 0 atom stereocenters. The molecular formula is C21H24N4O3S3. The second-order valence-corrected chi connectivity index (χ2v) is 10.4. The number of aryl methyl sites for hydroxylation is 1. The summed E-state index contributed by atoms with van der Waals surface area (Å²) in [6, 6.07) is 4.16. The molecule has 0 fully saturated rings. The molecule has 31 heavy (non-hydrogen) atoms. The van der Waals surface area contributed by atoms with Crippen LogP contribution in [0.15, 0.2) is 22.7 Å². The van der Waals surface area contributed by atoms with E-state index in [2.05, 4.69) is 29.4 Å². The van der Waals surface area contributed by atoms with Crippen molar-refractivity contribution in [3.63, 3.8) is 0 Å². The lowest BCUT2D eigenvalue weighted by molar-refractivity contribution is -0.113. The van der Waals surface area contributed by atoms with Crippen LogP contribution in [0.2, 0.25) is 0 Å². The number of carbonyl (C=O) groups excluding carboxylic acids is 2. The zero-order valence-electron chi connectivity index (χ0n) is 17.6. The van der Waals surface area contributed by atoms with Crippen molar-refractivity contribution in [2.24, 2.45) is 0 Å². The Balaban J connectivity index is 1.48. The second kappa shape index (κ2) is 9.54. The van der Waals surface area contributed by atoms with Crippen molar-refractivity contribution in [1.29, 1.82) is 0 Å². The average molecular weight is 477 g/mol. The minimum Gasteiger partial charge on any atom is -0.462 e. The van der Waals surface area contributed by atoms with Gasteiger partial charge in [-0.1, -0.05) is 17.8 Å². The van der Waals surface area contributed by atoms with Crippen molar-refractivity contribution in [3.05, 3.63) is 33.5 Å². The third-order valence-corrected chi connectivity index (χ3v) is 7.92. The minimum atomic E-state index is -0.356. The summed E-state index contributed by atoms with van der Waals surface area (Å²) in [5.41, 5.74) is 1.56. The molecule has 164 valence electrons. The molecule has 0 saturated heterocycles. The third-order valence-electron chi connectivity index (χ3n) is 4.91. The molecule has 0 aliphatic heterocycles. The number of nitrogens with one attached hydrogen (secondary N) is 1. The van der Waals surface area contributed by atoms with Crippen molar-refractivity contribution >= 4 is 51.3 Å². The van der Waals surface area contributed by atoms with Gasteiger partial charge >= 0.3 is 5.97 Å². The number of amides is 1. The number of rotatable bonds is 8. The van der Waals surface area contributed by atoms with Crippen LogP contribution in [0.3, 0.4) is 0 Å². The van der Waals surface area contributed by atoms with Gasteiger partial charge in [-0.05, 0) is 57.0 Å². The molecule has 0 aromatic carbocycles. The van der Waals surface area contributed by atoms with Crippen molar-refractivity contribution in [2.45, 2.75) is 51.2 Å². The molecule has 3 heterocycles. The fraction of sp³-hybridized carbons (Fsp3) is 0.429. The number of thiophene rings is 2. The van der Waals surface area contributed by atoms with Crippen LogP contribution in [0.1, 0.15) is 54.0 Å². The Labute approximate surface area is 193 Å². The molecule has 3 aromatic rings. The second-order valence-electron chi connectivity index (χ2n) is 7.37. The smallest absolute Gasteiger partial charge is 0.341 e. The van der Waals surface area contributed by atoms with Crippen molar-refractivity contribution in [1.82, 2.24) is 14.8 Å². The first-order chi connectivity index (χ1) is 15.0. The molecule has 0 bridgehead atoms. The van der Waals surface area contributed by atoms with Crippen molar-refractivity contribution < 1.29 is 14.3 Å². The number of aromatic nitrogens is 3. The van der Waals surface area contributed by atoms with Gasteiger partial charge in [0.05, 0.1) is 22.8 Å². The SMILES string of the molecule is CCOC(=O)c1c(NC(=O)CSc2nnc(-c3cccs3)n2C(C)C)sc2c1CCC2. The summed E-state index contributed by atoms with van der Waals surface area (Å²) in [4.78, 5) is 27.4. The maximum atomic E-state index is 12.7. The van der Waals surface area contributed by atoms with E-state index in [-0.39, 0.29) is 23.7 Å². The van der Waals surface area contributed by atoms with Gasteiger partial charge in [0.2, 0.25) is 5.91 Å². The number of anilines is 1. The Bertz CT molecular complexity index is 1090. The molecule has 1 aliphatic rings. The number of fused-ring (bicyclic) bond motifs is 1. The van der Waals surface area contributed by atoms with Crippen LogP contribution in [0.5, 0.6) is 0 Å². The Morgan fingerprint density at radius 3 is 2.87 bits per heavy atom. The summed E-state index contributed by atoms with van der Waals surface area (Å²) in [7, 11) is 0. The Morgan fingerprint density at radius 1 is 1.32 bits per heavy atom. The summed E-state index contributed by atoms with van der Waals surface area (Å²) in [5, 5.41) is 14.9. The summed E-state index contributed by atoms with van der Waals surface area (Å²) >= 11 is 4.45. The fourth-order valence-corrected chi connectivity index (χ4v) is 6.49. The fourth-order valence-electron chi connectivity index (χ4n) is 3.62. The summed E-state index contributed by atoms with van der Waals surface area (Å²) < 4.78 is 7.28. The number of hydrogen-bond acceptors (Lipinski definition) is 8. The number of thioether (sulfide) groups is 1. The Kier molecular flexibility index (Phi) is 6.78. The van der Waals surface area contributed by atoms with Gasteiger partial charge in [-0.3, -0.25) is 9.36 Å². The average Bonchev–Trinajstić information content (AvgIpc) is 3.48. The largest absolute Gasteiger partial charge is 0.462 e. The predicted octanol–water partition coefficient (Wildman–Crippen LogP) is 5.05. The number of hydrogen-bond donors (Lipinski definition) is 1.